The van der Waals surface area contributed by atoms with Gasteiger partial charge in [-0.1, -0.05) is 0 Å². The molecule has 0 unspecified atom stereocenters. The summed E-state index contributed by atoms with van der Waals surface area (Å²) in [6.07, 6.45) is 2.63. The smallest absolute Gasteiger partial charge is 0.287 e. The maximum atomic E-state index is 12.2. The molecule has 132 valence electrons. The zero-order chi connectivity index (χ0) is 16.9. The second-order valence-corrected chi connectivity index (χ2v) is 6.88. The highest BCUT2D eigenvalue weighted by Gasteiger charge is 2.25. The van der Waals surface area contributed by atoms with Crippen LogP contribution in [0.2, 0.25) is 0 Å². The quantitative estimate of drug-likeness (QED) is 0.801. The van der Waals surface area contributed by atoms with Crippen molar-refractivity contribution in [1.29, 1.82) is 0 Å². The summed E-state index contributed by atoms with van der Waals surface area (Å²) >= 11 is 3.14. The number of piperazine rings is 1. The summed E-state index contributed by atoms with van der Waals surface area (Å²) in [7, 11) is 0. The molecule has 0 radical (unpaired) electrons. The fourth-order valence-electron chi connectivity index (χ4n) is 3.05. The lowest BCUT2D eigenvalue weighted by atomic mass is 10.2. The van der Waals surface area contributed by atoms with E-state index in [1.54, 1.807) is 17.0 Å². The Morgan fingerprint density at radius 3 is 2.67 bits per heavy atom. The number of nitrogens with zero attached hydrogens (tertiary/aromatic N) is 2. The standard InChI is InChI=1S/C16H22BrN3O4/c17-14-4-3-13(24-14)16(22)18-10-15(21)20-7-5-19(6-8-20)11-12-2-1-9-23-12/h3-4,12H,1-2,5-11H2,(H,18,22)/t12-/m1/s1. The van der Waals surface area contributed by atoms with E-state index in [2.05, 4.69) is 26.1 Å². The fourth-order valence-corrected chi connectivity index (χ4v) is 3.35. The van der Waals surface area contributed by atoms with E-state index in [0.29, 0.717) is 23.9 Å². The number of nitrogens with one attached hydrogen (secondary N) is 1. The van der Waals surface area contributed by atoms with Crippen molar-refractivity contribution in [3.8, 4) is 0 Å². The Morgan fingerprint density at radius 2 is 2.04 bits per heavy atom. The van der Waals surface area contributed by atoms with Gasteiger partial charge in [0.1, 0.15) is 0 Å². The Labute approximate surface area is 149 Å². The van der Waals surface area contributed by atoms with Gasteiger partial charge in [0, 0.05) is 39.3 Å². The minimum absolute atomic E-state index is 0.0110. The van der Waals surface area contributed by atoms with Gasteiger partial charge in [-0.05, 0) is 40.9 Å². The normalized spacial score (nSPS) is 21.9. The third-order valence-corrected chi connectivity index (χ3v) is 4.83. The molecule has 1 aromatic rings. The molecule has 3 rings (SSSR count). The lowest BCUT2D eigenvalue weighted by molar-refractivity contribution is -0.132. The molecule has 2 amide bonds. The predicted octanol–water partition coefficient (Wildman–Crippen LogP) is 1.10. The first-order chi connectivity index (χ1) is 11.6. The van der Waals surface area contributed by atoms with Crippen molar-refractivity contribution in [3.63, 3.8) is 0 Å². The van der Waals surface area contributed by atoms with Crippen LogP contribution in [0.15, 0.2) is 21.2 Å². The molecule has 1 N–H and O–H groups in total. The highest BCUT2D eigenvalue weighted by molar-refractivity contribution is 9.10. The number of amides is 2. The maximum Gasteiger partial charge on any atom is 0.287 e. The van der Waals surface area contributed by atoms with Crippen molar-refractivity contribution >= 4 is 27.7 Å². The van der Waals surface area contributed by atoms with Crippen LogP contribution in [-0.2, 0) is 9.53 Å². The van der Waals surface area contributed by atoms with Crippen LogP contribution in [0.3, 0.4) is 0 Å². The number of halogens is 1. The molecule has 8 heteroatoms. The van der Waals surface area contributed by atoms with Gasteiger partial charge in [-0.25, -0.2) is 0 Å². The van der Waals surface area contributed by atoms with Crippen LogP contribution in [-0.4, -0.2) is 73.6 Å². The van der Waals surface area contributed by atoms with E-state index in [-0.39, 0.29) is 24.1 Å². The van der Waals surface area contributed by atoms with Crippen LogP contribution < -0.4 is 5.32 Å². The van der Waals surface area contributed by atoms with Crippen LogP contribution >= 0.6 is 15.9 Å². The van der Waals surface area contributed by atoms with Crippen LogP contribution in [0.4, 0.5) is 0 Å². The topological polar surface area (TPSA) is 75.0 Å². The van der Waals surface area contributed by atoms with Gasteiger partial charge >= 0.3 is 0 Å². The van der Waals surface area contributed by atoms with E-state index in [1.807, 2.05) is 0 Å². The maximum absolute atomic E-state index is 12.2. The molecule has 0 aromatic carbocycles. The van der Waals surface area contributed by atoms with Crippen LogP contribution in [0, 0.1) is 0 Å². The summed E-state index contributed by atoms with van der Waals surface area (Å²) < 4.78 is 11.3. The molecule has 1 atom stereocenters. The molecule has 2 saturated heterocycles. The Hall–Kier alpha value is -1.38. The van der Waals surface area contributed by atoms with Crippen molar-refractivity contribution in [2.24, 2.45) is 0 Å². The number of hydrogen-bond donors (Lipinski definition) is 1. The van der Waals surface area contributed by atoms with E-state index in [4.69, 9.17) is 9.15 Å². The van der Waals surface area contributed by atoms with E-state index in [0.717, 1.165) is 39.1 Å². The lowest BCUT2D eigenvalue weighted by Crippen LogP contribution is -2.52. The highest BCUT2D eigenvalue weighted by Crippen LogP contribution is 2.15. The predicted molar refractivity (Wildman–Crippen MR) is 90.7 cm³/mol. The molecule has 2 aliphatic rings. The Morgan fingerprint density at radius 1 is 1.25 bits per heavy atom. The fraction of sp³-hybridized carbons (Fsp3) is 0.625. The first-order valence-electron chi connectivity index (χ1n) is 8.27. The van der Waals surface area contributed by atoms with Crippen molar-refractivity contribution in [3.05, 3.63) is 22.6 Å². The second kappa shape index (κ2) is 8.13. The van der Waals surface area contributed by atoms with E-state index in [1.165, 1.54) is 0 Å². The van der Waals surface area contributed by atoms with Crippen molar-refractivity contribution < 1.29 is 18.7 Å². The van der Waals surface area contributed by atoms with E-state index in [9.17, 15) is 9.59 Å². The highest BCUT2D eigenvalue weighted by atomic mass is 79.9. The van der Waals surface area contributed by atoms with Crippen molar-refractivity contribution in [2.75, 3.05) is 45.9 Å². The average molecular weight is 400 g/mol. The monoisotopic (exact) mass is 399 g/mol. The van der Waals surface area contributed by atoms with E-state index < -0.39 is 0 Å². The van der Waals surface area contributed by atoms with Crippen molar-refractivity contribution in [2.45, 2.75) is 18.9 Å². The number of hydrogen-bond acceptors (Lipinski definition) is 5. The van der Waals surface area contributed by atoms with Gasteiger partial charge in [0.2, 0.25) is 5.91 Å². The molecule has 0 bridgehead atoms. The molecule has 0 saturated carbocycles. The Balaban J connectivity index is 1.38. The summed E-state index contributed by atoms with van der Waals surface area (Å²) in [4.78, 5) is 28.2. The molecular formula is C16H22BrN3O4. The molecule has 3 heterocycles. The summed E-state index contributed by atoms with van der Waals surface area (Å²) in [5.74, 6) is -0.257. The van der Waals surface area contributed by atoms with Gasteiger partial charge < -0.3 is 19.4 Å². The van der Waals surface area contributed by atoms with Gasteiger partial charge in [0.05, 0.1) is 12.6 Å². The number of carbonyl (C=O) groups excluding carboxylic acids is 2. The summed E-state index contributed by atoms with van der Waals surface area (Å²) in [6.45, 7) is 4.89. The van der Waals surface area contributed by atoms with Gasteiger partial charge in [-0.3, -0.25) is 14.5 Å². The molecule has 1 aromatic heterocycles. The molecule has 24 heavy (non-hydrogen) atoms. The first kappa shape index (κ1) is 17.4. The van der Waals surface area contributed by atoms with Gasteiger partial charge in [-0.15, -0.1) is 0 Å². The molecule has 0 aliphatic carbocycles. The van der Waals surface area contributed by atoms with Gasteiger partial charge in [0.25, 0.3) is 5.91 Å². The first-order valence-corrected chi connectivity index (χ1v) is 9.06. The van der Waals surface area contributed by atoms with Crippen LogP contribution in [0.1, 0.15) is 23.4 Å². The zero-order valence-corrected chi connectivity index (χ0v) is 15.1. The summed E-state index contributed by atoms with van der Waals surface area (Å²) in [5, 5.41) is 2.60. The van der Waals surface area contributed by atoms with Crippen LogP contribution in [0.25, 0.3) is 0 Å². The SMILES string of the molecule is O=C(NCC(=O)N1CCN(C[C@H]2CCCO2)CC1)c1ccc(Br)o1. The molecule has 7 nitrogen and oxygen atoms in total. The Kier molecular flexibility index (Phi) is 5.91. The number of ether oxygens (including phenoxy) is 1. The second-order valence-electron chi connectivity index (χ2n) is 6.10. The minimum Gasteiger partial charge on any atom is -0.444 e. The summed E-state index contributed by atoms with van der Waals surface area (Å²) in [6, 6.07) is 3.21. The average Bonchev–Trinajstić information content (AvgIpc) is 3.24. The molecular weight excluding hydrogens is 378 g/mol. The van der Waals surface area contributed by atoms with E-state index >= 15 is 0 Å². The number of furan rings is 1. The third kappa shape index (κ3) is 4.58. The largest absolute Gasteiger partial charge is 0.444 e. The van der Waals surface area contributed by atoms with Gasteiger partial charge in [0.15, 0.2) is 10.4 Å². The van der Waals surface area contributed by atoms with Crippen molar-refractivity contribution in [1.82, 2.24) is 15.1 Å². The number of carbonyl (C=O) groups is 2. The third-order valence-electron chi connectivity index (χ3n) is 4.41. The molecule has 0 spiro atoms. The zero-order valence-electron chi connectivity index (χ0n) is 13.5. The molecule has 2 fully saturated rings. The summed E-state index contributed by atoms with van der Waals surface area (Å²) in [5.41, 5.74) is 0. The number of rotatable bonds is 5. The minimum atomic E-state index is -0.383. The molecule has 2 aliphatic heterocycles. The van der Waals surface area contributed by atoms with Crippen LogP contribution in [0.5, 0.6) is 0 Å². The van der Waals surface area contributed by atoms with Gasteiger partial charge in [-0.2, -0.15) is 0 Å². The Bertz CT molecular complexity index is 578. The lowest BCUT2D eigenvalue weighted by Gasteiger charge is -2.35.